The van der Waals surface area contributed by atoms with E-state index < -0.39 is 24.3 Å². The highest BCUT2D eigenvalue weighted by Crippen LogP contribution is 2.40. The molecule has 4 aliphatic rings. The Balaban J connectivity index is 0.821. The molecule has 14 heteroatoms. The summed E-state index contributed by atoms with van der Waals surface area (Å²) in [4.78, 5) is 66.6. The lowest BCUT2D eigenvalue weighted by molar-refractivity contribution is -0.133. The van der Waals surface area contributed by atoms with Crippen LogP contribution in [0.2, 0.25) is 0 Å². The number of carbonyl (C=O) groups is 4. The Bertz CT molecular complexity index is 2650. The van der Waals surface area contributed by atoms with Crippen LogP contribution < -0.4 is 10.6 Å². The van der Waals surface area contributed by atoms with Gasteiger partial charge in [-0.3, -0.25) is 19.6 Å². The van der Waals surface area contributed by atoms with Crippen LogP contribution in [0.1, 0.15) is 59.3 Å². The van der Waals surface area contributed by atoms with Crippen LogP contribution in [0.3, 0.4) is 0 Å². The number of ether oxygens (including phenoxy) is 2. The summed E-state index contributed by atoms with van der Waals surface area (Å²) in [5.74, 6) is 0.347. The maximum atomic E-state index is 14.0. The third-order valence-corrected chi connectivity index (χ3v) is 12.9. The Labute approximate surface area is 362 Å². The number of aliphatic imine (C=N–C) groups is 2. The fourth-order valence-corrected chi connectivity index (χ4v) is 9.58. The fraction of sp³-hybridized carbons (Fsp3) is 0.250. The van der Waals surface area contributed by atoms with Crippen LogP contribution in [-0.4, -0.2) is 84.6 Å². The van der Waals surface area contributed by atoms with Crippen molar-refractivity contribution >= 4 is 68.2 Å². The Morgan fingerprint density at radius 1 is 0.742 bits per heavy atom. The van der Waals surface area contributed by atoms with Crippen molar-refractivity contribution < 1.29 is 33.1 Å². The molecule has 0 saturated carbocycles. The van der Waals surface area contributed by atoms with Gasteiger partial charge < -0.3 is 34.3 Å². The highest BCUT2D eigenvalue weighted by atomic mass is 32.1. The summed E-state index contributed by atoms with van der Waals surface area (Å²) in [6.07, 6.45) is 9.22. The summed E-state index contributed by atoms with van der Waals surface area (Å²) >= 11 is 1.65. The van der Waals surface area contributed by atoms with Crippen molar-refractivity contribution in [1.82, 2.24) is 20.4 Å². The molecule has 4 atom stereocenters. The second kappa shape index (κ2) is 17.5. The molecule has 1 fully saturated rings. The molecular formula is C48H44N6O7S. The predicted molar refractivity (Wildman–Crippen MR) is 238 cm³/mol. The first-order valence-electron chi connectivity index (χ1n) is 20.5. The number of benzene rings is 3. The molecule has 5 aromatic rings. The van der Waals surface area contributed by atoms with Crippen molar-refractivity contribution in [3.8, 4) is 11.3 Å². The molecule has 3 aromatic carbocycles. The van der Waals surface area contributed by atoms with Gasteiger partial charge in [0.15, 0.2) is 0 Å². The van der Waals surface area contributed by atoms with E-state index in [1.165, 1.54) is 14.2 Å². The van der Waals surface area contributed by atoms with Gasteiger partial charge in [0, 0.05) is 66.3 Å². The maximum absolute atomic E-state index is 14.0. The van der Waals surface area contributed by atoms with Crippen LogP contribution in [0, 0.1) is 0 Å². The van der Waals surface area contributed by atoms with Crippen LogP contribution >= 0.6 is 11.3 Å². The zero-order valence-corrected chi connectivity index (χ0v) is 35.0. The van der Waals surface area contributed by atoms with Crippen molar-refractivity contribution in [1.29, 1.82) is 0 Å². The number of likely N-dealkylation sites (tertiary alicyclic amines) is 1. The monoisotopic (exact) mass is 848 g/mol. The van der Waals surface area contributed by atoms with E-state index in [2.05, 4.69) is 34.9 Å². The number of thiophene rings is 1. The molecule has 0 aliphatic carbocycles. The highest BCUT2D eigenvalue weighted by Gasteiger charge is 2.39. The summed E-state index contributed by atoms with van der Waals surface area (Å²) in [5, 5.41) is 5.43. The van der Waals surface area contributed by atoms with E-state index in [-0.39, 0.29) is 23.9 Å². The van der Waals surface area contributed by atoms with Gasteiger partial charge in [0.05, 0.1) is 31.0 Å². The number of hydrogen-bond acceptors (Lipinski definition) is 10. The summed E-state index contributed by atoms with van der Waals surface area (Å²) in [6, 6.07) is 28.4. The van der Waals surface area contributed by atoms with Gasteiger partial charge in [0.1, 0.15) is 23.4 Å². The quantitative estimate of drug-likeness (QED) is 0.126. The largest absolute Gasteiger partial charge is 0.455 e. The van der Waals surface area contributed by atoms with E-state index in [1.54, 1.807) is 16.2 Å². The van der Waals surface area contributed by atoms with Crippen LogP contribution in [0.15, 0.2) is 136 Å². The summed E-state index contributed by atoms with van der Waals surface area (Å²) in [7, 11) is 2.56. The first-order valence-corrected chi connectivity index (χ1v) is 21.3. The molecule has 1 unspecified atom stereocenters. The van der Waals surface area contributed by atoms with Gasteiger partial charge in [0.2, 0.25) is 5.91 Å². The molecule has 62 heavy (non-hydrogen) atoms. The molecule has 2 aromatic heterocycles. The molecular weight excluding hydrogens is 805 g/mol. The van der Waals surface area contributed by atoms with E-state index in [0.717, 1.165) is 67.5 Å². The fourth-order valence-electron chi connectivity index (χ4n) is 8.56. The number of nitrogens with zero attached hydrogens (tertiary/aromatic N) is 4. The van der Waals surface area contributed by atoms with Gasteiger partial charge in [-0.2, -0.15) is 0 Å². The molecule has 314 valence electrons. The van der Waals surface area contributed by atoms with Crippen molar-refractivity contribution in [2.45, 2.75) is 49.9 Å². The van der Waals surface area contributed by atoms with Gasteiger partial charge >= 0.3 is 12.2 Å². The van der Waals surface area contributed by atoms with Crippen LogP contribution in [0.25, 0.3) is 32.8 Å². The number of methoxy groups -OCH3 is 2. The molecule has 0 bridgehead atoms. The standard InChI is InChI=1S/C48H44N6O7S/c1-59-47(57)51-43(31-11-5-3-6-12-31)45(55)53-21-9-15-37(53)35-23-33(27-49-35)29-17-19-30(20-18-29)39-25-42-40(61-39)26-41(62-42)34-24-36(50-28-34)38-16-10-22-54(38)46(56)44(52-48(58)60-2)32-13-7-4-8-14-32/h3-9,11-15,17-20,25-28,37-38,43-44H,10,16,21-24H2,1-2H3,(H,51,57)(H,52,58)/t37-,38-,43?,44+/m0/s1. The first kappa shape index (κ1) is 40.4. The number of nitrogens with one attached hydrogen (secondary N) is 2. The molecule has 1 saturated heterocycles. The van der Waals surface area contributed by atoms with Crippen LogP contribution in [0.4, 0.5) is 9.59 Å². The SMILES string of the molecule is COC(=O)NC(C(=O)N1CC=C[C@H]1C1=NC=C(c2ccc(-c3cc4sc(C5=CN=C([C@@H]6CCCN6C(=O)[C@H](NC(=O)OC)c6ccccc6)C5)cc4o3)cc2)C1)c1ccccc1. The van der Waals surface area contributed by atoms with Crippen LogP contribution in [0.5, 0.6) is 0 Å². The second-order valence-electron chi connectivity index (χ2n) is 15.4. The molecule has 2 N–H and O–H groups in total. The van der Waals surface area contributed by atoms with E-state index >= 15 is 0 Å². The lowest BCUT2D eigenvalue weighted by Crippen LogP contribution is -2.47. The molecule has 9 rings (SSSR count). The topological polar surface area (TPSA) is 155 Å². The second-order valence-corrected chi connectivity index (χ2v) is 16.5. The van der Waals surface area contributed by atoms with E-state index in [9.17, 15) is 19.2 Å². The molecule has 13 nitrogen and oxygen atoms in total. The van der Waals surface area contributed by atoms with Gasteiger partial charge in [-0.1, -0.05) is 97.1 Å². The minimum absolute atomic E-state index is 0.162. The van der Waals surface area contributed by atoms with E-state index in [0.29, 0.717) is 37.1 Å². The Morgan fingerprint density at radius 2 is 1.34 bits per heavy atom. The number of rotatable bonds is 11. The number of amides is 4. The van der Waals surface area contributed by atoms with Crippen molar-refractivity contribution in [3.63, 3.8) is 0 Å². The van der Waals surface area contributed by atoms with Crippen molar-refractivity contribution in [3.05, 3.63) is 143 Å². The lowest BCUT2D eigenvalue weighted by Gasteiger charge is -2.29. The summed E-state index contributed by atoms with van der Waals surface area (Å²) in [5.41, 5.74) is 8.05. The Kier molecular flexibility index (Phi) is 11.4. The smallest absolute Gasteiger partial charge is 0.407 e. The average Bonchev–Trinajstić information content (AvgIpc) is 4.17. The van der Waals surface area contributed by atoms with Gasteiger partial charge in [-0.15, -0.1) is 11.3 Å². The van der Waals surface area contributed by atoms with Gasteiger partial charge in [-0.05, 0) is 46.7 Å². The number of fused-ring (bicyclic) bond motifs is 1. The van der Waals surface area contributed by atoms with Crippen molar-refractivity contribution in [2.75, 3.05) is 27.3 Å². The summed E-state index contributed by atoms with van der Waals surface area (Å²) in [6.45, 7) is 0.990. The zero-order valence-electron chi connectivity index (χ0n) is 34.2. The minimum atomic E-state index is -0.899. The number of allylic oxidation sites excluding steroid dienone is 2. The highest BCUT2D eigenvalue weighted by molar-refractivity contribution is 7.20. The average molecular weight is 849 g/mol. The molecule has 6 heterocycles. The molecule has 4 amide bonds. The van der Waals surface area contributed by atoms with Gasteiger partial charge in [-0.25, -0.2) is 9.59 Å². The predicted octanol–water partition coefficient (Wildman–Crippen LogP) is 8.49. The Hall–Kier alpha value is -7.06. The molecule has 0 spiro atoms. The first-order chi connectivity index (χ1) is 30.3. The van der Waals surface area contributed by atoms with Crippen LogP contribution in [-0.2, 0) is 19.1 Å². The number of furan rings is 1. The Morgan fingerprint density at radius 3 is 1.98 bits per heavy atom. The third kappa shape index (κ3) is 8.08. The maximum Gasteiger partial charge on any atom is 0.407 e. The van der Waals surface area contributed by atoms with Crippen molar-refractivity contribution in [2.24, 2.45) is 9.98 Å². The molecule has 0 radical (unpaired) electrons. The normalized spacial score (nSPS) is 19.1. The lowest BCUT2D eigenvalue weighted by atomic mass is 9.98. The van der Waals surface area contributed by atoms with E-state index in [4.69, 9.17) is 23.9 Å². The number of alkyl carbamates (subject to hydrolysis) is 2. The van der Waals surface area contributed by atoms with E-state index in [1.807, 2.05) is 102 Å². The zero-order chi connectivity index (χ0) is 42.7. The number of hydrogen-bond donors (Lipinski definition) is 2. The third-order valence-electron chi connectivity index (χ3n) is 11.7. The molecule has 4 aliphatic heterocycles. The van der Waals surface area contributed by atoms with Gasteiger partial charge in [0.25, 0.3) is 5.91 Å². The minimum Gasteiger partial charge on any atom is -0.455 e. The number of carbonyl (C=O) groups excluding carboxylic acids is 4. The summed E-state index contributed by atoms with van der Waals surface area (Å²) < 4.78 is 17.1.